The fraction of sp³-hybridized carbons (Fsp3) is 0.385. The molecule has 0 saturated carbocycles. The minimum absolute atomic E-state index is 0.322. The van der Waals surface area contributed by atoms with Gasteiger partial charge < -0.3 is 10.6 Å². The van der Waals surface area contributed by atoms with Crippen molar-refractivity contribution in [1.82, 2.24) is 5.32 Å². The topological polar surface area (TPSA) is 58.2 Å². The molecule has 1 aromatic carbocycles. The highest BCUT2D eigenvalue weighted by Crippen LogP contribution is 2.25. The number of halogens is 2. The molecule has 0 aliphatic heterocycles. The first kappa shape index (κ1) is 15.8. The number of rotatable bonds is 5. The first-order valence-corrected chi connectivity index (χ1v) is 6.84. The van der Waals surface area contributed by atoms with Gasteiger partial charge in [-0.1, -0.05) is 43.0 Å². The van der Waals surface area contributed by atoms with Crippen molar-refractivity contribution in [1.29, 1.82) is 0 Å². The predicted molar refractivity (Wildman–Crippen MR) is 77.6 cm³/mol. The summed E-state index contributed by atoms with van der Waals surface area (Å²) in [6, 6.07) is 4.65. The molecule has 0 aliphatic carbocycles. The van der Waals surface area contributed by atoms with Crippen LogP contribution in [-0.2, 0) is 9.59 Å². The van der Waals surface area contributed by atoms with E-state index in [1.54, 1.807) is 12.1 Å². The molecule has 19 heavy (non-hydrogen) atoms. The second-order valence-corrected chi connectivity index (χ2v) is 4.88. The molecule has 1 aromatic rings. The zero-order valence-corrected chi connectivity index (χ0v) is 12.1. The summed E-state index contributed by atoms with van der Waals surface area (Å²) in [7, 11) is 0. The minimum Gasteiger partial charge on any atom is -0.348 e. The third-order valence-corrected chi connectivity index (χ3v) is 3.01. The van der Waals surface area contributed by atoms with Crippen molar-refractivity contribution in [2.24, 2.45) is 0 Å². The van der Waals surface area contributed by atoms with Gasteiger partial charge in [-0.05, 0) is 24.6 Å². The molecular formula is C13H16Cl2N2O2. The zero-order valence-electron chi connectivity index (χ0n) is 10.6. The van der Waals surface area contributed by atoms with Crippen LogP contribution in [0.3, 0.4) is 0 Å². The maximum atomic E-state index is 11.6. The highest BCUT2D eigenvalue weighted by atomic mass is 35.5. The van der Waals surface area contributed by atoms with Gasteiger partial charge in [-0.15, -0.1) is 0 Å². The first-order valence-electron chi connectivity index (χ1n) is 6.08. The lowest BCUT2D eigenvalue weighted by molar-refractivity contribution is -0.136. The number of carbonyl (C=O) groups is 2. The van der Waals surface area contributed by atoms with Crippen molar-refractivity contribution in [3.63, 3.8) is 0 Å². The van der Waals surface area contributed by atoms with Crippen LogP contribution in [-0.4, -0.2) is 18.4 Å². The van der Waals surface area contributed by atoms with E-state index in [-0.39, 0.29) is 0 Å². The largest absolute Gasteiger partial charge is 0.348 e. The van der Waals surface area contributed by atoms with Crippen LogP contribution in [0.4, 0.5) is 5.69 Å². The first-order chi connectivity index (χ1) is 9.04. The third-order valence-electron chi connectivity index (χ3n) is 2.45. The predicted octanol–water partition coefficient (Wildman–Crippen LogP) is 3.24. The Balaban J connectivity index is 2.49. The van der Waals surface area contributed by atoms with Crippen LogP contribution < -0.4 is 10.6 Å². The summed E-state index contributed by atoms with van der Waals surface area (Å²) in [6.45, 7) is 2.55. The van der Waals surface area contributed by atoms with E-state index in [0.717, 1.165) is 19.3 Å². The van der Waals surface area contributed by atoms with E-state index in [2.05, 4.69) is 17.6 Å². The SMILES string of the molecule is CCCCCNC(=O)C(=O)Nc1cc(Cl)ccc1Cl. The molecule has 1 rings (SSSR count). The number of carbonyl (C=O) groups excluding carboxylic acids is 2. The molecule has 0 radical (unpaired) electrons. The summed E-state index contributed by atoms with van der Waals surface area (Å²) in [6.07, 6.45) is 2.93. The number of benzene rings is 1. The fourth-order valence-electron chi connectivity index (χ4n) is 1.43. The van der Waals surface area contributed by atoms with Gasteiger partial charge >= 0.3 is 11.8 Å². The summed E-state index contributed by atoms with van der Waals surface area (Å²) in [5.74, 6) is -1.42. The van der Waals surface area contributed by atoms with Gasteiger partial charge in [0.2, 0.25) is 0 Å². The van der Waals surface area contributed by atoms with Crippen molar-refractivity contribution in [3.05, 3.63) is 28.2 Å². The van der Waals surface area contributed by atoms with Gasteiger partial charge in [0.1, 0.15) is 0 Å². The number of amides is 2. The summed E-state index contributed by atoms with van der Waals surface area (Å²) in [5.41, 5.74) is 0.322. The Hall–Kier alpha value is -1.26. The van der Waals surface area contributed by atoms with E-state index >= 15 is 0 Å². The maximum Gasteiger partial charge on any atom is 0.313 e. The smallest absolute Gasteiger partial charge is 0.313 e. The van der Waals surface area contributed by atoms with Crippen molar-refractivity contribution >= 4 is 40.7 Å². The maximum absolute atomic E-state index is 11.6. The van der Waals surface area contributed by atoms with Gasteiger partial charge in [0.15, 0.2) is 0 Å². The summed E-state index contributed by atoms with van der Waals surface area (Å²) in [4.78, 5) is 23.1. The Morgan fingerprint density at radius 1 is 1.16 bits per heavy atom. The van der Waals surface area contributed by atoms with E-state index in [0.29, 0.717) is 22.3 Å². The normalized spacial score (nSPS) is 10.1. The van der Waals surface area contributed by atoms with E-state index in [1.807, 2.05) is 0 Å². The van der Waals surface area contributed by atoms with Crippen LogP contribution in [0.25, 0.3) is 0 Å². The standard InChI is InChI=1S/C13H16Cl2N2O2/c1-2-3-4-7-16-12(18)13(19)17-11-8-9(14)5-6-10(11)15/h5-6,8H,2-4,7H2,1H3,(H,16,18)(H,17,19). The van der Waals surface area contributed by atoms with E-state index < -0.39 is 11.8 Å². The highest BCUT2D eigenvalue weighted by Gasteiger charge is 2.14. The number of nitrogens with one attached hydrogen (secondary N) is 2. The summed E-state index contributed by atoms with van der Waals surface area (Å²) >= 11 is 11.7. The molecule has 2 N–H and O–H groups in total. The Bertz CT molecular complexity index is 464. The van der Waals surface area contributed by atoms with Crippen molar-refractivity contribution in [2.45, 2.75) is 26.2 Å². The molecule has 0 bridgehead atoms. The lowest BCUT2D eigenvalue weighted by Crippen LogP contribution is -2.35. The Kier molecular flexibility index (Phi) is 6.67. The molecule has 0 aliphatic rings. The van der Waals surface area contributed by atoms with Crippen LogP contribution in [0.5, 0.6) is 0 Å². The lowest BCUT2D eigenvalue weighted by Gasteiger charge is -2.08. The van der Waals surface area contributed by atoms with Gasteiger partial charge in [0.25, 0.3) is 0 Å². The summed E-state index contributed by atoms with van der Waals surface area (Å²) in [5, 5.41) is 5.73. The number of hydrogen-bond acceptors (Lipinski definition) is 2. The van der Waals surface area contributed by atoms with Crippen molar-refractivity contribution < 1.29 is 9.59 Å². The summed E-state index contributed by atoms with van der Waals surface area (Å²) < 4.78 is 0. The Morgan fingerprint density at radius 3 is 2.58 bits per heavy atom. The van der Waals surface area contributed by atoms with E-state index in [1.165, 1.54) is 6.07 Å². The zero-order chi connectivity index (χ0) is 14.3. The van der Waals surface area contributed by atoms with Gasteiger partial charge in [0, 0.05) is 11.6 Å². The Labute approximate surface area is 122 Å². The van der Waals surface area contributed by atoms with E-state index in [4.69, 9.17) is 23.2 Å². The third kappa shape index (κ3) is 5.49. The van der Waals surface area contributed by atoms with Crippen molar-refractivity contribution in [3.8, 4) is 0 Å². The molecule has 0 atom stereocenters. The number of hydrogen-bond donors (Lipinski definition) is 2. The molecular weight excluding hydrogens is 287 g/mol. The molecule has 104 valence electrons. The van der Waals surface area contributed by atoms with Gasteiger partial charge in [-0.3, -0.25) is 9.59 Å². The average Bonchev–Trinajstić information content (AvgIpc) is 2.38. The molecule has 6 heteroatoms. The quantitative estimate of drug-likeness (QED) is 0.648. The lowest BCUT2D eigenvalue weighted by atomic mass is 10.2. The van der Waals surface area contributed by atoms with Crippen LogP contribution in [0.2, 0.25) is 10.0 Å². The molecule has 0 spiro atoms. The number of anilines is 1. The van der Waals surface area contributed by atoms with Gasteiger partial charge in [-0.2, -0.15) is 0 Å². The average molecular weight is 303 g/mol. The molecule has 2 amide bonds. The molecule has 4 nitrogen and oxygen atoms in total. The second kappa shape index (κ2) is 8.02. The Morgan fingerprint density at radius 2 is 1.89 bits per heavy atom. The molecule has 0 heterocycles. The van der Waals surface area contributed by atoms with Crippen LogP contribution in [0, 0.1) is 0 Å². The monoisotopic (exact) mass is 302 g/mol. The highest BCUT2D eigenvalue weighted by molar-refractivity contribution is 6.42. The van der Waals surface area contributed by atoms with Crippen LogP contribution in [0.1, 0.15) is 26.2 Å². The molecule has 0 unspecified atom stereocenters. The fourth-order valence-corrected chi connectivity index (χ4v) is 1.77. The molecule has 0 aromatic heterocycles. The second-order valence-electron chi connectivity index (χ2n) is 4.04. The molecule has 0 saturated heterocycles. The van der Waals surface area contributed by atoms with Crippen molar-refractivity contribution in [2.75, 3.05) is 11.9 Å². The molecule has 0 fully saturated rings. The van der Waals surface area contributed by atoms with Gasteiger partial charge in [0.05, 0.1) is 10.7 Å². The van der Waals surface area contributed by atoms with E-state index in [9.17, 15) is 9.59 Å². The minimum atomic E-state index is -0.749. The number of unbranched alkanes of at least 4 members (excludes halogenated alkanes) is 2. The van der Waals surface area contributed by atoms with Crippen LogP contribution >= 0.6 is 23.2 Å². The van der Waals surface area contributed by atoms with Gasteiger partial charge in [-0.25, -0.2) is 0 Å². The van der Waals surface area contributed by atoms with Crippen LogP contribution in [0.15, 0.2) is 18.2 Å².